The maximum Gasteiger partial charge on any atom is 0.472 e. The first-order valence-corrected chi connectivity index (χ1v) is 10.1. The Morgan fingerprint density at radius 3 is 2.79 bits per heavy atom. The highest BCUT2D eigenvalue weighted by Crippen LogP contribution is 2.45. The molecule has 160 valence electrons. The lowest BCUT2D eigenvalue weighted by Gasteiger charge is -2.27. The van der Waals surface area contributed by atoms with Crippen LogP contribution < -0.4 is 11.3 Å². The van der Waals surface area contributed by atoms with E-state index in [9.17, 15) is 24.5 Å². The maximum atomic E-state index is 11.9. The number of hydrogen-bond donors (Lipinski definition) is 5. The summed E-state index contributed by atoms with van der Waals surface area (Å²) >= 11 is 5.04. The monoisotopic (exact) mass is 441 g/mol. The Morgan fingerprint density at radius 2 is 2.18 bits per heavy atom. The van der Waals surface area contributed by atoms with Crippen LogP contribution in [0.4, 0.5) is 0 Å². The number of aliphatic hydroxyl groups is 2. The number of nitrogens with zero attached hydrogens (tertiary/aromatic N) is 1. The summed E-state index contributed by atoms with van der Waals surface area (Å²) in [5.74, 6) is 0. The van der Waals surface area contributed by atoms with Gasteiger partial charge in [0.1, 0.15) is 17.8 Å². The molecule has 28 heavy (non-hydrogen) atoms. The first-order chi connectivity index (χ1) is 13.0. The number of aliphatic hydroxyl groups excluding tert-OH is 1. The highest BCUT2D eigenvalue weighted by molar-refractivity contribution is 7.71. The molecular formula is C14H24N3O9PS. The quantitative estimate of drug-likeness (QED) is 0.235. The van der Waals surface area contributed by atoms with Crippen LogP contribution in [0.1, 0.15) is 13.2 Å². The number of hydrogen-bond acceptors (Lipinski definition) is 10. The van der Waals surface area contributed by atoms with Crippen molar-refractivity contribution in [2.45, 2.75) is 37.0 Å². The largest absolute Gasteiger partial charge is 0.472 e. The van der Waals surface area contributed by atoms with E-state index in [1.54, 1.807) is 0 Å². The lowest BCUT2D eigenvalue weighted by molar-refractivity contribution is -0.0978. The maximum absolute atomic E-state index is 11.9. The summed E-state index contributed by atoms with van der Waals surface area (Å²) in [6.07, 6.45) is -2.53. The van der Waals surface area contributed by atoms with Crippen molar-refractivity contribution >= 4 is 20.0 Å². The van der Waals surface area contributed by atoms with Crippen molar-refractivity contribution in [3.05, 3.63) is 27.4 Å². The number of rotatable bonds is 9. The second kappa shape index (κ2) is 9.22. The third-order valence-corrected chi connectivity index (χ3v) is 5.36. The molecule has 6 N–H and O–H groups in total. The van der Waals surface area contributed by atoms with Gasteiger partial charge in [0.15, 0.2) is 11.0 Å². The van der Waals surface area contributed by atoms with Crippen LogP contribution in [-0.2, 0) is 23.1 Å². The molecule has 2 unspecified atom stereocenters. The molecule has 1 fully saturated rings. The van der Waals surface area contributed by atoms with Gasteiger partial charge in [0.25, 0.3) is 5.56 Å². The smallest absolute Gasteiger partial charge is 0.387 e. The van der Waals surface area contributed by atoms with E-state index in [4.69, 9.17) is 36.5 Å². The minimum Gasteiger partial charge on any atom is -0.387 e. The van der Waals surface area contributed by atoms with Crippen LogP contribution in [0, 0.1) is 4.77 Å². The zero-order valence-electron chi connectivity index (χ0n) is 15.3. The average Bonchev–Trinajstić information content (AvgIpc) is 2.82. The van der Waals surface area contributed by atoms with Gasteiger partial charge in [0, 0.05) is 19.4 Å². The molecule has 2 heterocycles. The molecule has 0 spiro atoms. The molecule has 12 nitrogen and oxygen atoms in total. The average molecular weight is 441 g/mol. The molecule has 2 rings (SSSR count). The SMILES string of the molecule is COC[C@H](N)COP(=O)(O)OC[C@H]1O[C@@H](n2ccc(=O)[nH]c2=S)C(C)(O)[C@H]1O. The summed E-state index contributed by atoms with van der Waals surface area (Å²) in [5, 5.41) is 21.0. The van der Waals surface area contributed by atoms with E-state index in [0.29, 0.717) is 0 Å². The lowest BCUT2D eigenvalue weighted by Crippen LogP contribution is -2.44. The molecular weight excluding hydrogens is 417 g/mol. The number of aromatic amines is 1. The normalized spacial score (nSPS) is 30.9. The molecule has 0 radical (unpaired) electrons. The van der Waals surface area contributed by atoms with Crippen molar-refractivity contribution in [1.82, 2.24) is 9.55 Å². The van der Waals surface area contributed by atoms with Crippen LogP contribution in [0.5, 0.6) is 0 Å². The van der Waals surface area contributed by atoms with E-state index >= 15 is 0 Å². The lowest BCUT2D eigenvalue weighted by atomic mass is 9.96. The molecule has 1 aromatic heterocycles. The first-order valence-electron chi connectivity index (χ1n) is 8.21. The number of nitrogens with two attached hydrogens (primary N) is 1. The molecule has 0 amide bonds. The minimum atomic E-state index is -4.48. The van der Waals surface area contributed by atoms with Crippen molar-refractivity contribution in [3.63, 3.8) is 0 Å². The number of ether oxygens (including phenoxy) is 2. The number of nitrogens with one attached hydrogen (secondary N) is 1. The number of aromatic nitrogens is 2. The minimum absolute atomic E-state index is 0.0326. The van der Waals surface area contributed by atoms with E-state index in [1.165, 1.54) is 30.9 Å². The predicted octanol–water partition coefficient (Wildman–Crippen LogP) is -0.978. The van der Waals surface area contributed by atoms with Gasteiger partial charge in [0.2, 0.25) is 0 Å². The fraction of sp³-hybridized carbons (Fsp3) is 0.714. The molecule has 1 aliphatic heterocycles. The van der Waals surface area contributed by atoms with Crippen LogP contribution in [-0.4, -0.2) is 75.4 Å². The van der Waals surface area contributed by atoms with E-state index < -0.39 is 50.1 Å². The Kier molecular flexibility index (Phi) is 7.67. The summed E-state index contributed by atoms with van der Waals surface area (Å²) in [7, 11) is -3.06. The van der Waals surface area contributed by atoms with E-state index in [-0.39, 0.29) is 18.0 Å². The molecule has 0 aliphatic carbocycles. The van der Waals surface area contributed by atoms with E-state index in [2.05, 4.69) is 4.98 Å². The molecule has 0 bridgehead atoms. The summed E-state index contributed by atoms with van der Waals surface area (Å²) in [5.41, 5.74) is 3.33. The van der Waals surface area contributed by atoms with Crippen LogP contribution in [0.25, 0.3) is 0 Å². The summed E-state index contributed by atoms with van der Waals surface area (Å²) in [6, 6.07) is 0.541. The van der Waals surface area contributed by atoms with Crippen LogP contribution in [0.3, 0.4) is 0 Å². The third kappa shape index (κ3) is 5.54. The van der Waals surface area contributed by atoms with Crippen LogP contribution >= 0.6 is 20.0 Å². The van der Waals surface area contributed by atoms with Crippen molar-refractivity contribution in [2.75, 3.05) is 26.9 Å². The Labute approximate surface area is 165 Å². The zero-order chi connectivity index (χ0) is 21.1. The van der Waals surface area contributed by atoms with Gasteiger partial charge in [0.05, 0.1) is 25.9 Å². The van der Waals surface area contributed by atoms with Crippen LogP contribution in [0.15, 0.2) is 17.1 Å². The van der Waals surface area contributed by atoms with Gasteiger partial charge in [-0.25, -0.2) is 4.57 Å². The Balaban J connectivity index is 2.04. The van der Waals surface area contributed by atoms with Gasteiger partial charge in [-0.05, 0) is 19.1 Å². The predicted molar refractivity (Wildman–Crippen MR) is 98.0 cm³/mol. The summed E-state index contributed by atoms with van der Waals surface area (Å²) < 4.78 is 33.1. The molecule has 0 aromatic carbocycles. The standard InChI is InChI=1S/C14H24N3O9PS/c1-14(20)11(19)9(7-25-27(21,22)24-6-8(15)5-23-2)26-12(14)17-4-3-10(18)16-13(17)28/h3-4,8-9,11-12,19-20H,5-7,15H2,1-2H3,(H,21,22)(H,16,18,28)/t8-,9+,11-,12+,14?/m0/s1. The zero-order valence-corrected chi connectivity index (χ0v) is 17.0. The number of phosphoric acid groups is 1. The van der Waals surface area contributed by atoms with Gasteiger partial charge in [-0.15, -0.1) is 0 Å². The van der Waals surface area contributed by atoms with Gasteiger partial charge >= 0.3 is 7.82 Å². The third-order valence-electron chi connectivity index (χ3n) is 4.09. The molecule has 1 saturated heterocycles. The first kappa shape index (κ1) is 23.3. The van der Waals surface area contributed by atoms with Gasteiger partial charge in [-0.3, -0.25) is 23.4 Å². The molecule has 0 saturated carbocycles. The topological polar surface area (TPSA) is 178 Å². The highest BCUT2D eigenvalue weighted by atomic mass is 32.1. The van der Waals surface area contributed by atoms with Crippen molar-refractivity contribution in [3.8, 4) is 0 Å². The van der Waals surface area contributed by atoms with Crippen LogP contribution in [0.2, 0.25) is 0 Å². The van der Waals surface area contributed by atoms with Gasteiger partial charge in [-0.1, -0.05) is 0 Å². The Bertz CT molecular complexity index is 829. The fourth-order valence-electron chi connectivity index (χ4n) is 2.65. The second-order valence-electron chi connectivity index (χ2n) is 6.49. The van der Waals surface area contributed by atoms with E-state index in [0.717, 1.165) is 0 Å². The molecule has 1 aliphatic rings. The second-order valence-corrected chi connectivity index (χ2v) is 8.33. The molecule has 14 heteroatoms. The van der Waals surface area contributed by atoms with Crippen molar-refractivity contribution in [1.29, 1.82) is 0 Å². The molecule has 1 aromatic rings. The van der Waals surface area contributed by atoms with E-state index in [1.807, 2.05) is 0 Å². The van der Waals surface area contributed by atoms with Crippen molar-refractivity contribution < 1.29 is 38.2 Å². The highest BCUT2D eigenvalue weighted by Gasteiger charge is 2.53. The summed E-state index contributed by atoms with van der Waals surface area (Å²) in [4.78, 5) is 23.4. The number of methoxy groups -OCH3 is 1. The van der Waals surface area contributed by atoms with Gasteiger partial charge in [-0.2, -0.15) is 0 Å². The van der Waals surface area contributed by atoms with Gasteiger partial charge < -0.3 is 30.3 Å². The number of H-pyrrole nitrogens is 1. The number of phosphoric ester groups is 1. The Hall–Kier alpha value is -0.990. The summed E-state index contributed by atoms with van der Waals surface area (Å²) in [6.45, 7) is 0.573. The van der Waals surface area contributed by atoms with Crippen molar-refractivity contribution in [2.24, 2.45) is 5.73 Å². The Morgan fingerprint density at radius 1 is 1.50 bits per heavy atom. The fourth-order valence-corrected chi connectivity index (χ4v) is 3.69. The molecule has 6 atom stereocenters.